The van der Waals surface area contributed by atoms with Gasteiger partial charge >= 0.3 is 0 Å². The Morgan fingerprint density at radius 2 is 2.17 bits per heavy atom. The van der Waals surface area contributed by atoms with Gasteiger partial charge in [-0.25, -0.2) is 0 Å². The first-order valence-electron chi connectivity index (χ1n) is 8.32. The van der Waals surface area contributed by atoms with E-state index in [0.717, 1.165) is 36.4 Å². The predicted octanol–water partition coefficient (Wildman–Crippen LogP) is 3.79. The second-order valence-electron chi connectivity index (χ2n) is 6.49. The maximum absolute atomic E-state index is 12.2. The first-order chi connectivity index (χ1) is 11.0. The molecule has 5 heteroatoms. The number of ether oxygens (including phenoxy) is 1. The van der Waals surface area contributed by atoms with Crippen molar-refractivity contribution in [2.45, 2.75) is 45.6 Å². The van der Waals surface area contributed by atoms with Crippen LogP contribution in [0.4, 0.5) is 5.69 Å². The van der Waals surface area contributed by atoms with Crippen molar-refractivity contribution in [1.82, 2.24) is 4.90 Å². The van der Waals surface area contributed by atoms with Crippen molar-refractivity contribution in [3.05, 3.63) is 28.3 Å². The zero-order valence-corrected chi connectivity index (χ0v) is 15.1. The SMILES string of the molecule is Cc1cc(C)c(NC(=O)CCN(C)C[C@@H]2CCCCO2)c(Cl)c1. The Hall–Kier alpha value is -1.10. The standard InChI is InChI=1S/C18H27ClN2O2/c1-13-10-14(2)18(16(19)11-13)20-17(22)7-8-21(3)12-15-6-4-5-9-23-15/h10-11,15H,4-9,12H2,1-3H3,(H,20,22)/t15-/m0/s1. The summed E-state index contributed by atoms with van der Waals surface area (Å²) in [7, 11) is 2.04. The van der Waals surface area contributed by atoms with Crippen LogP contribution in [0.3, 0.4) is 0 Å². The van der Waals surface area contributed by atoms with Crippen molar-refractivity contribution in [3.8, 4) is 0 Å². The number of likely N-dealkylation sites (N-methyl/N-ethyl adjacent to an activating group) is 1. The van der Waals surface area contributed by atoms with Crippen LogP contribution >= 0.6 is 11.6 Å². The minimum Gasteiger partial charge on any atom is -0.377 e. The van der Waals surface area contributed by atoms with Gasteiger partial charge in [-0.15, -0.1) is 0 Å². The van der Waals surface area contributed by atoms with Gasteiger partial charge in [-0.2, -0.15) is 0 Å². The molecule has 1 N–H and O–H groups in total. The van der Waals surface area contributed by atoms with Crippen molar-refractivity contribution >= 4 is 23.2 Å². The van der Waals surface area contributed by atoms with E-state index in [9.17, 15) is 4.79 Å². The molecular formula is C18H27ClN2O2. The highest BCUT2D eigenvalue weighted by atomic mass is 35.5. The maximum Gasteiger partial charge on any atom is 0.225 e. The fraction of sp³-hybridized carbons (Fsp3) is 0.611. The van der Waals surface area contributed by atoms with Crippen LogP contribution in [0, 0.1) is 13.8 Å². The summed E-state index contributed by atoms with van der Waals surface area (Å²) in [4.78, 5) is 14.3. The number of aryl methyl sites for hydroxylation is 2. The van der Waals surface area contributed by atoms with E-state index in [0.29, 0.717) is 24.1 Å². The first kappa shape index (κ1) is 18.2. The summed E-state index contributed by atoms with van der Waals surface area (Å²) in [6, 6.07) is 3.89. The summed E-state index contributed by atoms with van der Waals surface area (Å²) in [5, 5.41) is 3.53. The van der Waals surface area contributed by atoms with Crippen molar-refractivity contribution in [1.29, 1.82) is 0 Å². The highest BCUT2D eigenvalue weighted by molar-refractivity contribution is 6.34. The van der Waals surface area contributed by atoms with E-state index in [4.69, 9.17) is 16.3 Å². The molecule has 0 unspecified atom stereocenters. The number of anilines is 1. The lowest BCUT2D eigenvalue weighted by Gasteiger charge is -2.27. The molecule has 0 saturated carbocycles. The largest absolute Gasteiger partial charge is 0.377 e. The second-order valence-corrected chi connectivity index (χ2v) is 6.89. The molecule has 2 rings (SSSR count). The number of carbonyl (C=O) groups is 1. The lowest BCUT2D eigenvalue weighted by Crippen LogP contribution is -2.35. The van der Waals surface area contributed by atoms with Crippen LogP contribution in [-0.2, 0) is 9.53 Å². The number of halogens is 1. The third-order valence-electron chi connectivity index (χ3n) is 4.21. The van der Waals surface area contributed by atoms with Gasteiger partial charge in [-0.05, 0) is 57.4 Å². The molecule has 1 heterocycles. The third-order valence-corrected chi connectivity index (χ3v) is 4.50. The van der Waals surface area contributed by atoms with E-state index < -0.39 is 0 Å². The second kappa shape index (κ2) is 8.67. The van der Waals surface area contributed by atoms with Gasteiger partial charge in [-0.1, -0.05) is 17.7 Å². The predicted molar refractivity (Wildman–Crippen MR) is 95.3 cm³/mol. The van der Waals surface area contributed by atoms with Gasteiger partial charge in [-0.3, -0.25) is 4.79 Å². The molecule has 1 aliphatic heterocycles. The number of nitrogens with zero attached hydrogens (tertiary/aromatic N) is 1. The first-order valence-corrected chi connectivity index (χ1v) is 8.70. The summed E-state index contributed by atoms with van der Waals surface area (Å²) in [6.45, 7) is 6.42. The van der Waals surface area contributed by atoms with Crippen LogP contribution in [0.5, 0.6) is 0 Å². The Kier molecular flexibility index (Phi) is 6.88. The fourth-order valence-corrected chi connectivity index (χ4v) is 3.33. The molecule has 0 aromatic heterocycles. The number of hydrogen-bond acceptors (Lipinski definition) is 3. The third kappa shape index (κ3) is 5.79. The molecule has 1 aromatic carbocycles. The van der Waals surface area contributed by atoms with Crippen LogP contribution in [-0.4, -0.2) is 43.7 Å². The molecular weight excluding hydrogens is 312 g/mol. The van der Waals surface area contributed by atoms with Gasteiger partial charge in [0.25, 0.3) is 0 Å². The van der Waals surface area contributed by atoms with Gasteiger partial charge in [0, 0.05) is 26.1 Å². The van der Waals surface area contributed by atoms with E-state index in [1.807, 2.05) is 33.0 Å². The van der Waals surface area contributed by atoms with E-state index in [1.54, 1.807) is 0 Å². The Morgan fingerprint density at radius 3 is 2.83 bits per heavy atom. The van der Waals surface area contributed by atoms with Gasteiger partial charge in [0.15, 0.2) is 0 Å². The van der Waals surface area contributed by atoms with Gasteiger partial charge in [0.2, 0.25) is 5.91 Å². The van der Waals surface area contributed by atoms with Crippen LogP contribution in [0.25, 0.3) is 0 Å². The van der Waals surface area contributed by atoms with E-state index in [2.05, 4.69) is 10.2 Å². The van der Waals surface area contributed by atoms with Crippen LogP contribution in [0.1, 0.15) is 36.8 Å². The number of rotatable bonds is 6. The average Bonchev–Trinajstić information content (AvgIpc) is 2.50. The van der Waals surface area contributed by atoms with Crippen molar-refractivity contribution in [3.63, 3.8) is 0 Å². The normalized spacial score (nSPS) is 18.2. The summed E-state index contributed by atoms with van der Waals surface area (Å²) >= 11 is 6.23. The molecule has 23 heavy (non-hydrogen) atoms. The molecule has 0 radical (unpaired) electrons. The minimum atomic E-state index is -0.00438. The summed E-state index contributed by atoms with van der Waals surface area (Å²) < 4.78 is 5.73. The molecule has 1 saturated heterocycles. The van der Waals surface area contributed by atoms with Gasteiger partial charge in [0.1, 0.15) is 0 Å². The highest BCUT2D eigenvalue weighted by Crippen LogP contribution is 2.27. The number of benzene rings is 1. The molecule has 1 atom stereocenters. The number of nitrogens with one attached hydrogen (secondary N) is 1. The Balaban J connectivity index is 1.78. The molecule has 128 valence electrons. The van der Waals surface area contributed by atoms with Crippen molar-refractivity contribution in [2.75, 3.05) is 32.1 Å². The highest BCUT2D eigenvalue weighted by Gasteiger charge is 2.16. The number of amides is 1. The molecule has 0 aliphatic carbocycles. The number of hydrogen-bond donors (Lipinski definition) is 1. The van der Waals surface area contributed by atoms with Gasteiger partial charge < -0.3 is 15.0 Å². The van der Waals surface area contributed by atoms with E-state index in [-0.39, 0.29) is 5.91 Å². The molecule has 0 spiro atoms. The lowest BCUT2D eigenvalue weighted by molar-refractivity contribution is -0.116. The van der Waals surface area contributed by atoms with Gasteiger partial charge in [0.05, 0.1) is 16.8 Å². The zero-order chi connectivity index (χ0) is 16.8. The quantitative estimate of drug-likeness (QED) is 0.858. The van der Waals surface area contributed by atoms with E-state index in [1.165, 1.54) is 12.8 Å². The molecule has 1 amide bonds. The summed E-state index contributed by atoms with van der Waals surface area (Å²) in [6.07, 6.45) is 4.29. The molecule has 4 nitrogen and oxygen atoms in total. The van der Waals surface area contributed by atoms with E-state index >= 15 is 0 Å². The fourth-order valence-electron chi connectivity index (χ4n) is 2.96. The van der Waals surface area contributed by atoms with Crippen LogP contribution < -0.4 is 5.32 Å². The Labute approximate surface area is 144 Å². The minimum absolute atomic E-state index is 0.00438. The summed E-state index contributed by atoms with van der Waals surface area (Å²) in [5.74, 6) is -0.00438. The maximum atomic E-state index is 12.2. The monoisotopic (exact) mass is 338 g/mol. The summed E-state index contributed by atoms with van der Waals surface area (Å²) in [5.41, 5.74) is 2.81. The molecule has 1 aromatic rings. The smallest absolute Gasteiger partial charge is 0.225 e. The molecule has 1 fully saturated rings. The Bertz CT molecular complexity index is 519. The number of carbonyl (C=O) groups excluding carboxylic acids is 1. The van der Waals surface area contributed by atoms with Crippen molar-refractivity contribution < 1.29 is 9.53 Å². The molecule has 1 aliphatic rings. The average molecular weight is 339 g/mol. The van der Waals surface area contributed by atoms with Crippen molar-refractivity contribution in [2.24, 2.45) is 0 Å². The topological polar surface area (TPSA) is 41.6 Å². The Morgan fingerprint density at radius 1 is 1.39 bits per heavy atom. The zero-order valence-electron chi connectivity index (χ0n) is 14.3. The van der Waals surface area contributed by atoms with Crippen LogP contribution in [0.15, 0.2) is 12.1 Å². The van der Waals surface area contributed by atoms with Crippen LogP contribution in [0.2, 0.25) is 5.02 Å². The molecule has 0 bridgehead atoms. The lowest BCUT2D eigenvalue weighted by atomic mass is 10.1.